The molecule has 0 bridgehead atoms. The van der Waals surface area contributed by atoms with E-state index in [1.54, 1.807) is 0 Å². The van der Waals surface area contributed by atoms with Crippen molar-refractivity contribution in [2.75, 3.05) is 17.6 Å². The molecule has 1 aliphatic carbocycles. The summed E-state index contributed by atoms with van der Waals surface area (Å²) in [5.41, 5.74) is 4.88. The molecular formula is C13H21FN4O. The highest BCUT2D eigenvalue weighted by Crippen LogP contribution is 2.40. The molecule has 1 heterocycles. The van der Waals surface area contributed by atoms with Gasteiger partial charge in [-0.3, -0.25) is 0 Å². The zero-order valence-corrected chi connectivity index (χ0v) is 11.4. The monoisotopic (exact) mass is 268 g/mol. The number of nitrogens with one attached hydrogen (secondary N) is 1. The minimum Gasteiger partial charge on any atom is -0.388 e. The molecule has 1 fully saturated rings. The fourth-order valence-corrected chi connectivity index (χ4v) is 2.32. The molecule has 0 saturated heterocycles. The van der Waals surface area contributed by atoms with Crippen LogP contribution in [0.5, 0.6) is 0 Å². The van der Waals surface area contributed by atoms with Gasteiger partial charge in [0.2, 0.25) is 5.95 Å². The van der Waals surface area contributed by atoms with E-state index >= 15 is 0 Å². The van der Waals surface area contributed by atoms with Gasteiger partial charge in [-0.2, -0.15) is 4.98 Å². The van der Waals surface area contributed by atoms with E-state index in [1.165, 1.54) is 0 Å². The summed E-state index contributed by atoms with van der Waals surface area (Å²) in [5, 5.41) is 13.3. The van der Waals surface area contributed by atoms with Crippen molar-refractivity contribution in [2.24, 2.45) is 5.41 Å². The molecule has 0 aliphatic heterocycles. The fourth-order valence-electron chi connectivity index (χ4n) is 2.32. The van der Waals surface area contributed by atoms with Crippen molar-refractivity contribution in [3.05, 3.63) is 12.0 Å². The summed E-state index contributed by atoms with van der Waals surface area (Å²) in [4.78, 5) is 7.35. The Labute approximate surface area is 112 Å². The van der Waals surface area contributed by atoms with Gasteiger partial charge < -0.3 is 16.2 Å². The lowest BCUT2D eigenvalue weighted by Crippen LogP contribution is -2.42. The molecule has 5 nitrogen and oxygen atoms in total. The zero-order chi connectivity index (χ0) is 14.1. The summed E-state index contributed by atoms with van der Waals surface area (Å²) in [7, 11) is 0. The lowest BCUT2D eigenvalue weighted by atomic mass is 9.71. The van der Waals surface area contributed by atoms with Crippen molar-refractivity contribution in [1.82, 2.24) is 9.97 Å². The molecule has 0 atom stereocenters. The summed E-state index contributed by atoms with van der Waals surface area (Å²) in [5.74, 6) is -0.500. The predicted octanol–water partition coefficient (Wildman–Crippen LogP) is 1.94. The van der Waals surface area contributed by atoms with Gasteiger partial charge in [-0.15, -0.1) is 0 Å². The van der Waals surface area contributed by atoms with E-state index in [9.17, 15) is 9.50 Å². The van der Waals surface area contributed by atoms with Crippen molar-refractivity contribution in [2.45, 2.75) is 45.1 Å². The third-order valence-corrected chi connectivity index (χ3v) is 3.88. The van der Waals surface area contributed by atoms with Gasteiger partial charge in [0.25, 0.3) is 0 Å². The lowest BCUT2D eigenvalue weighted by Gasteiger charge is -2.40. The number of aromatic nitrogens is 2. The van der Waals surface area contributed by atoms with Crippen LogP contribution in [-0.2, 0) is 0 Å². The van der Waals surface area contributed by atoms with Crippen LogP contribution in [0.3, 0.4) is 0 Å². The second-order valence-corrected chi connectivity index (χ2v) is 6.17. The summed E-state index contributed by atoms with van der Waals surface area (Å²) < 4.78 is 13.4. The first-order valence-corrected chi connectivity index (χ1v) is 6.54. The largest absolute Gasteiger partial charge is 0.388 e. The van der Waals surface area contributed by atoms with Crippen molar-refractivity contribution in [1.29, 1.82) is 0 Å². The average molecular weight is 268 g/mol. The van der Waals surface area contributed by atoms with Crippen molar-refractivity contribution in [3.63, 3.8) is 0 Å². The molecular weight excluding hydrogens is 247 g/mol. The third kappa shape index (κ3) is 3.53. The minimum atomic E-state index is -0.804. The molecule has 0 amide bonds. The Hall–Kier alpha value is -1.43. The molecule has 1 aromatic rings. The van der Waals surface area contributed by atoms with Crippen LogP contribution >= 0.6 is 0 Å². The maximum atomic E-state index is 13.4. The summed E-state index contributed by atoms with van der Waals surface area (Å²) >= 11 is 0. The van der Waals surface area contributed by atoms with Crippen LogP contribution in [0, 0.1) is 11.2 Å². The smallest absolute Gasteiger partial charge is 0.222 e. The van der Waals surface area contributed by atoms with Gasteiger partial charge in [-0.1, -0.05) is 13.8 Å². The van der Waals surface area contributed by atoms with Gasteiger partial charge >= 0.3 is 0 Å². The van der Waals surface area contributed by atoms with E-state index in [0.29, 0.717) is 12.8 Å². The Morgan fingerprint density at radius 3 is 2.63 bits per heavy atom. The number of hydrogen-bond donors (Lipinski definition) is 3. The van der Waals surface area contributed by atoms with Gasteiger partial charge in [0.05, 0.1) is 11.8 Å². The van der Waals surface area contributed by atoms with Gasteiger partial charge in [0, 0.05) is 6.54 Å². The topological polar surface area (TPSA) is 84.1 Å². The van der Waals surface area contributed by atoms with Gasteiger partial charge in [0.1, 0.15) is 0 Å². The molecule has 0 unspecified atom stereocenters. The predicted molar refractivity (Wildman–Crippen MR) is 72.1 cm³/mol. The Morgan fingerprint density at radius 2 is 2.00 bits per heavy atom. The number of hydrogen-bond acceptors (Lipinski definition) is 5. The first-order valence-electron chi connectivity index (χ1n) is 6.54. The Morgan fingerprint density at radius 1 is 1.37 bits per heavy atom. The van der Waals surface area contributed by atoms with E-state index < -0.39 is 11.4 Å². The normalized spacial score (nSPS) is 21.1. The summed E-state index contributed by atoms with van der Waals surface area (Å²) in [6.45, 7) is 4.67. The van der Waals surface area contributed by atoms with Crippen molar-refractivity contribution in [3.8, 4) is 0 Å². The Balaban J connectivity index is 1.97. The second-order valence-electron chi connectivity index (χ2n) is 6.17. The van der Waals surface area contributed by atoms with E-state index in [-0.39, 0.29) is 23.7 Å². The van der Waals surface area contributed by atoms with E-state index in [1.807, 2.05) is 0 Å². The number of aliphatic hydroxyl groups is 1. The summed E-state index contributed by atoms with van der Waals surface area (Å²) in [6.07, 6.45) is 4.35. The number of halogens is 1. The molecule has 1 aromatic heterocycles. The van der Waals surface area contributed by atoms with Gasteiger partial charge in [-0.25, -0.2) is 9.37 Å². The molecule has 0 aromatic carbocycles. The number of nitrogens with two attached hydrogens (primary N) is 1. The van der Waals surface area contributed by atoms with Crippen LogP contribution in [0.2, 0.25) is 0 Å². The first-order chi connectivity index (χ1) is 8.80. The molecule has 106 valence electrons. The lowest BCUT2D eigenvalue weighted by molar-refractivity contribution is -0.0146. The Kier molecular flexibility index (Phi) is 3.62. The zero-order valence-electron chi connectivity index (χ0n) is 11.4. The van der Waals surface area contributed by atoms with Crippen LogP contribution in [0.25, 0.3) is 0 Å². The number of nitrogens with zero attached hydrogens (tertiary/aromatic N) is 2. The van der Waals surface area contributed by atoms with Gasteiger partial charge in [0.15, 0.2) is 11.6 Å². The standard InChI is InChI=1S/C13H21FN4O/c1-12(2)3-5-13(19,6-4-12)8-17-10-9(14)7-16-11(15)18-10/h7,19H,3-6,8H2,1-2H3,(H3,15,16,17,18). The maximum absolute atomic E-state index is 13.4. The highest BCUT2D eigenvalue weighted by Gasteiger charge is 2.36. The van der Waals surface area contributed by atoms with Crippen LogP contribution in [0.1, 0.15) is 39.5 Å². The molecule has 0 spiro atoms. The quantitative estimate of drug-likeness (QED) is 0.780. The molecule has 2 rings (SSSR count). The van der Waals surface area contributed by atoms with Crippen molar-refractivity contribution < 1.29 is 9.50 Å². The molecule has 19 heavy (non-hydrogen) atoms. The number of rotatable bonds is 3. The molecule has 0 radical (unpaired) electrons. The van der Waals surface area contributed by atoms with Gasteiger partial charge in [-0.05, 0) is 31.1 Å². The number of anilines is 2. The van der Waals surface area contributed by atoms with E-state index in [2.05, 4.69) is 29.1 Å². The average Bonchev–Trinajstić information content (AvgIpc) is 2.35. The Bertz CT molecular complexity index is 454. The first kappa shape index (κ1) is 14.0. The molecule has 4 N–H and O–H groups in total. The third-order valence-electron chi connectivity index (χ3n) is 3.88. The fraction of sp³-hybridized carbons (Fsp3) is 0.692. The van der Waals surface area contributed by atoms with Crippen LogP contribution < -0.4 is 11.1 Å². The minimum absolute atomic E-state index is 0.0145. The summed E-state index contributed by atoms with van der Waals surface area (Å²) in [6, 6.07) is 0. The highest BCUT2D eigenvalue weighted by molar-refractivity contribution is 5.39. The molecule has 6 heteroatoms. The van der Waals surface area contributed by atoms with Crippen LogP contribution in [0.15, 0.2) is 6.20 Å². The number of nitrogen functional groups attached to an aromatic ring is 1. The second kappa shape index (κ2) is 4.92. The maximum Gasteiger partial charge on any atom is 0.222 e. The highest BCUT2D eigenvalue weighted by atomic mass is 19.1. The SMILES string of the molecule is CC1(C)CCC(O)(CNc2nc(N)ncc2F)CC1. The van der Waals surface area contributed by atoms with Crippen LogP contribution in [0.4, 0.5) is 16.2 Å². The van der Waals surface area contributed by atoms with E-state index in [4.69, 9.17) is 5.73 Å². The molecule has 1 saturated carbocycles. The molecule has 1 aliphatic rings. The van der Waals surface area contributed by atoms with E-state index in [0.717, 1.165) is 19.0 Å². The van der Waals surface area contributed by atoms with Crippen molar-refractivity contribution >= 4 is 11.8 Å². The van der Waals surface area contributed by atoms with Crippen LogP contribution in [-0.4, -0.2) is 27.2 Å².